The molecule has 78 valence electrons. The predicted molar refractivity (Wildman–Crippen MR) is 55.8 cm³/mol. The lowest BCUT2D eigenvalue weighted by Gasteiger charge is -2.11. The van der Waals surface area contributed by atoms with Crippen LogP contribution in [0.1, 0.15) is 18.6 Å². The standard InChI is InChI=1S/C9H11ClO3S/c1-7(13-14(2,11)12)8-4-3-5-9(10)6-8/h3-7H,1-2H3. The largest absolute Gasteiger partial charge is 0.264 e. The molecular formula is C9H11ClO3S. The van der Waals surface area contributed by atoms with Gasteiger partial charge >= 0.3 is 0 Å². The van der Waals surface area contributed by atoms with E-state index >= 15 is 0 Å². The Morgan fingerprint density at radius 1 is 1.43 bits per heavy atom. The van der Waals surface area contributed by atoms with Crippen molar-refractivity contribution in [3.05, 3.63) is 34.9 Å². The Kier molecular flexibility index (Phi) is 3.53. The van der Waals surface area contributed by atoms with Crippen LogP contribution in [-0.2, 0) is 14.3 Å². The molecule has 5 heteroatoms. The Morgan fingerprint density at radius 2 is 2.07 bits per heavy atom. The van der Waals surface area contributed by atoms with Gasteiger partial charge < -0.3 is 0 Å². The summed E-state index contributed by atoms with van der Waals surface area (Å²) in [6, 6.07) is 6.91. The molecule has 0 aromatic heterocycles. The summed E-state index contributed by atoms with van der Waals surface area (Å²) in [5, 5.41) is 0.562. The van der Waals surface area contributed by atoms with E-state index in [1.165, 1.54) is 0 Å². The van der Waals surface area contributed by atoms with E-state index in [2.05, 4.69) is 0 Å². The van der Waals surface area contributed by atoms with E-state index in [1.807, 2.05) is 0 Å². The third-order valence-electron chi connectivity index (χ3n) is 1.64. The average molecular weight is 235 g/mol. The van der Waals surface area contributed by atoms with Crippen LogP contribution < -0.4 is 0 Å². The van der Waals surface area contributed by atoms with Gasteiger partial charge in [-0.25, -0.2) is 0 Å². The molecular weight excluding hydrogens is 224 g/mol. The van der Waals surface area contributed by atoms with Gasteiger partial charge in [-0.05, 0) is 24.6 Å². The van der Waals surface area contributed by atoms with Crippen LogP contribution in [0.4, 0.5) is 0 Å². The Balaban J connectivity index is 2.85. The molecule has 1 aromatic carbocycles. The van der Waals surface area contributed by atoms with Gasteiger partial charge in [-0.1, -0.05) is 23.7 Å². The first-order valence-corrected chi connectivity index (χ1v) is 6.21. The maximum Gasteiger partial charge on any atom is 0.264 e. The molecule has 0 radical (unpaired) electrons. The van der Waals surface area contributed by atoms with Crippen LogP contribution in [0.2, 0.25) is 5.02 Å². The summed E-state index contributed by atoms with van der Waals surface area (Å²) < 4.78 is 26.5. The molecule has 1 rings (SSSR count). The molecule has 1 atom stereocenters. The van der Waals surface area contributed by atoms with Crippen LogP contribution in [0.25, 0.3) is 0 Å². The van der Waals surface area contributed by atoms with Gasteiger partial charge in [0.15, 0.2) is 0 Å². The highest BCUT2D eigenvalue weighted by Gasteiger charge is 2.12. The van der Waals surface area contributed by atoms with Crippen molar-refractivity contribution in [2.45, 2.75) is 13.0 Å². The summed E-state index contributed by atoms with van der Waals surface area (Å²) in [6.07, 6.45) is 0.511. The number of halogens is 1. The predicted octanol–water partition coefficient (Wildman–Crippen LogP) is 2.38. The monoisotopic (exact) mass is 234 g/mol. The Hall–Kier alpha value is -0.580. The summed E-state index contributed by atoms with van der Waals surface area (Å²) in [6.45, 7) is 1.66. The zero-order valence-corrected chi connectivity index (χ0v) is 9.47. The van der Waals surface area contributed by atoms with Gasteiger partial charge in [0.25, 0.3) is 10.1 Å². The molecule has 0 bridgehead atoms. The zero-order valence-electron chi connectivity index (χ0n) is 7.90. The van der Waals surface area contributed by atoms with Gasteiger partial charge in [0, 0.05) is 5.02 Å². The molecule has 0 aliphatic heterocycles. The quantitative estimate of drug-likeness (QED) is 0.755. The summed E-state index contributed by atoms with van der Waals surface area (Å²) in [7, 11) is -3.43. The van der Waals surface area contributed by atoms with E-state index in [0.717, 1.165) is 11.8 Å². The van der Waals surface area contributed by atoms with Crippen molar-refractivity contribution in [2.24, 2.45) is 0 Å². The van der Waals surface area contributed by atoms with E-state index < -0.39 is 16.2 Å². The van der Waals surface area contributed by atoms with Crippen LogP contribution in [0, 0.1) is 0 Å². The highest BCUT2D eigenvalue weighted by molar-refractivity contribution is 7.86. The fraction of sp³-hybridized carbons (Fsp3) is 0.333. The van der Waals surface area contributed by atoms with Crippen LogP contribution in [-0.4, -0.2) is 14.7 Å². The minimum atomic E-state index is -3.43. The molecule has 0 saturated carbocycles. The first-order chi connectivity index (χ1) is 6.38. The molecule has 0 amide bonds. The molecule has 3 nitrogen and oxygen atoms in total. The SMILES string of the molecule is CC(OS(C)(=O)=O)c1cccc(Cl)c1. The second-order valence-electron chi connectivity index (χ2n) is 3.00. The van der Waals surface area contributed by atoms with E-state index in [9.17, 15) is 8.42 Å². The van der Waals surface area contributed by atoms with E-state index in [1.54, 1.807) is 31.2 Å². The third kappa shape index (κ3) is 3.65. The average Bonchev–Trinajstić information content (AvgIpc) is 2.01. The fourth-order valence-corrected chi connectivity index (χ4v) is 1.91. The van der Waals surface area contributed by atoms with Crippen LogP contribution >= 0.6 is 11.6 Å². The summed E-state index contributed by atoms with van der Waals surface area (Å²) in [5.41, 5.74) is 0.739. The van der Waals surface area contributed by atoms with Crippen LogP contribution in [0.15, 0.2) is 24.3 Å². The van der Waals surface area contributed by atoms with E-state index in [0.29, 0.717) is 5.02 Å². The zero-order chi connectivity index (χ0) is 10.8. The molecule has 1 aromatic rings. The highest BCUT2D eigenvalue weighted by atomic mass is 35.5. The Bertz CT molecular complexity index is 414. The number of hydrogen-bond donors (Lipinski definition) is 0. The first-order valence-electron chi connectivity index (χ1n) is 4.02. The maximum absolute atomic E-state index is 10.8. The highest BCUT2D eigenvalue weighted by Crippen LogP contribution is 2.21. The van der Waals surface area contributed by atoms with Crippen molar-refractivity contribution in [1.82, 2.24) is 0 Å². The van der Waals surface area contributed by atoms with Crippen molar-refractivity contribution >= 4 is 21.7 Å². The molecule has 0 saturated heterocycles. The van der Waals surface area contributed by atoms with Crippen molar-refractivity contribution in [2.75, 3.05) is 6.26 Å². The van der Waals surface area contributed by atoms with Crippen LogP contribution in [0.5, 0.6) is 0 Å². The topological polar surface area (TPSA) is 43.4 Å². The molecule has 0 aliphatic carbocycles. The lowest BCUT2D eigenvalue weighted by molar-refractivity contribution is 0.237. The van der Waals surface area contributed by atoms with Gasteiger partial charge in [0.2, 0.25) is 0 Å². The summed E-state index contributed by atoms with van der Waals surface area (Å²) in [5.74, 6) is 0. The first kappa shape index (κ1) is 11.5. The minimum absolute atomic E-state index is 0.510. The Labute approximate surface area is 88.8 Å². The molecule has 0 fully saturated rings. The molecule has 0 aliphatic rings. The lowest BCUT2D eigenvalue weighted by atomic mass is 10.1. The normalized spacial score (nSPS) is 13.9. The Morgan fingerprint density at radius 3 is 2.57 bits per heavy atom. The molecule has 0 N–H and O–H groups in total. The molecule has 0 spiro atoms. The van der Waals surface area contributed by atoms with Crippen molar-refractivity contribution in [1.29, 1.82) is 0 Å². The summed E-state index contributed by atoms with van der Waals surface area (Å²) in [4.78, 5) is 0. The third-order valence-corrected chi connectivity index (χ3v) is 2.51. The lowest BCUT2D eigenvalue weighted by Crippen LogP contribution is -2.07. The molecule has 1 unspecified atom stereocenters. The van der Waals surface area contributed by atoms with Gasteiger partial charge in [-0.2, -0.15) is 8.42 Å². The molecule has 0 heterocycles. The van der Waals surface area contributed by atoms with Crippen molar-refractivity contribution in [3.8, 4) is 0 Å². The smallest absolute Gasteiger partial charge is 0.262 e. The van der Waals surface area contributed by atoms with Gasteiger partial charge in [-0.3, -0.25) is 4.18 Å². The number of hydrogen-bond acceptors (Lipinski definition) is 3. The molecule has 14 heavy (non-hydrogen) atoms. The maximum atomic E-state index is 10.8. The van der Waals surface area contributed by atoms with Crippen molar-refractivity contribution in [3.63, 3.8) is 0 Å². The van der Waals surface area contributed by atoms with Crippen molar-refractivity contribution < 1.29 is 12.6 Å². The number of rotatable bonds is 3. The van der Waals surface area contributed by atoms with E-state index in [4.69, 9.17) is 15.8 Å². The second kappa shape index (κ2) is 4.29. The summed E-state index contributed by atoms with van der Waals surface area (Å²) >= 11 is 5.76. The van der Waals surface area contributed by atoms with E-state index in [-0.39, 0.29) is 0 Å². The minimum Gasteiger partial charge on any atom is -0.262 e. The van der Waals surface area contributed by atoms with Gasteiger partial charge in [0.1, 0.15) is 0 Å². The number of benzene rings is 1. The van der Waals surface area contributed by atoms with Crippen LogP contribution in [0.3, 0.4) is 0 Å². The fourth-order valence-electron chi connectivity index (χ4n) is 1.08. The van der Waals surface area contributed by atoms with Gasteiger partial charge in [0.05, 0.1) is 12.4 Å². The van der Waals surface area contributed by atoms with Gasteiger partial charge in [-0.15, -0.1) is 0 Å². The second-order valence-corrected chi connectivity index (χ2v) is 5.03.